The molecule has 0 amide bonds. The zero-order valence-electron chi connectivity index (χ0n) is 10.8. The number of carbonyl (C=O) groups is 1. The summed E-state index contributed by atoms with van der Waals surface area (Å²) < 4.78 is 11.0. The van der Waals surface area contributed by atoms with Gasteiger partial charge in [0.1, 0.15) is 6.61 Å². The van der Waals surface area contributed by atoms with Gasteiger partial charge >= 0.3 is 5.97 Å². The maximum absolute atomic E-state index is 10.6. The molecular formula is C14H14Cl2O4. The molecule has 0 aliphatic rings. The summed E-state index contributed by atoms with van der Waals surface area (Å²) in [6, 6.07) is 5.20. The van der Waals surface area contributed by atoms with Gasteiger partial charge in [-0.15, -0.1) is 0 Å². The van der Waals surface area contributed by atoms with Crippen LogP contribution in [0.2, 0.25) is 0 Å². The van der Waals surface area contributed by atoms with Gasteiger partial charge in [0.05, 0.1) is 11.6 Å². The third-order valence-electron chi connectivity index (χ3n) is 2.19. The van der Waals surface area contributed by atoms with Gasteiger partial charge < -0.3 is 14.6 Å². The summed E-state index contributed by atoms with van der Waals surface area (Å²) in [6.45, 7) is 2.37. The topological polar surface area (TPSA) is 55.8 Å². The average molecular weight is 317 g/mol. The smallest absolute Gasteiger partial charge is 0.328 e. The summed E-state index contributed by atoms with van der Waals surface area (Å²) in [5, 5.41) is 9.01. The van der Waals surface area contributed by atoms with Gasteiger partial charge in [-0.1, -0.05) is 35.3 Å². The van der Waals surface area contributed by atoms with E-state index in [1.54, 1.807) is 18.2 Å². The van der Waals surface area contributed by atoms with Crippen molar-refractivity contribution in [2.24, 2.45) is 0 Å². The molecule has 6 heteroatoms. The van der Waals surface area contributed by atoms with Crippen molar-refractivity contribution < 1.29 is 19.4 Å². The molecule has 0 radical (unpaired) electrons. The summed E-state index contributed by atoms with van der Waals surface area (Å²) in [5.41, 5.74) is 1.79. The normalized spacial score (nSPS) is 11.7. The van der Waals surface area contributed by atoms with Crippen LogP contribution in [0.25, 0.3) is 6.08 Å². The third-order valence-corrected chi connectivity index (χ3v) is 2.78. The maximum Gasteiger partial charge on any atom is 0.328 e. The average Bonchev–Trinajstić information content (AvgIpc) is 2.43. The molecule has 0 atom stereocenters. The van der Waals surface area contributed by atoms with E-state index >= 15 is 0 Å². The van der Waals surface area contributed by atoms with Gasteiger partial charge in [-0.25, -0.2) is 4.79 Å². The second-order valence-electron chi connectivity index (χ2n) is 3.62. The minimum atomic E-state index is -1.04. The van der Waals surface area contributed by atoms with E-state index in [2.05, 4.69) is 0 Å². The van der Waals surface area contributed by atoms with Crippen molar-refractivity contribution in [3.8, 4) is 11.5 Å². The summed E-state index contributed by atoms with van der Waals surface area (Å²) in [6.07, 6.45) is 2.45. The van der Waals surface area contributed by atoms with Gasteiger partial charge in [0.2, 0.25) is 0 Å². The molecule has 0 bridgehead atoms. The molecule has 1 aromatic rings. The first-order valence-electron chi connectivity index (χ1n) is 5.82. The second-order valence-corrected chi connectivity index (χ2v) is 4.33. The molecule has 0 saturated carbocycles. The fourth-order valence-corrected chi connectivity index (χ4v) is 1.54. The predicted octanol–water partition coefficient (Wildman–Crippen LogP) is 3.88. The molecular weight excluding hydrogens is 303 g/mol. The highest BCUT2D eigenvalue weighted by molar-refractivity contribution is 6.36. The van der Waals surface area contributed by atoms with E-state index in [1.807, 2.05) is 6.92 Å². The molecule has 20 heavy (non-hydrogen) atoms. The van der Waals surface area contributed by atoms with Crippen LogP contribution in [0.4, 0.5) is 0 Å². The van der Waals surface area contributed by atoms with Gasteiger partial charge in [-0.05, 0) is 19.1 Å². The lowest BCUT2D eigenvalue weighted by Gasteiger charge is -2.14. The van der Waals surface area contributed by atoms with Crippen LogP contribution in [0.5, 0.6) is 11.5 Å². The number of rotatable bonds is 7. The van der Waals surface area contributed by atoms with Crippen LogP contribution in [-0.2, 0) is 4.79 Å². The van der Waals surface area contributed by atoms with E-state index in [9.17, 15) is 4.79 Å². The Bertz CT molecular complexity index is 524. The molecule has 0 aliphatic heterocycles. The lowest BCUT2D eigenvalue weighted by molar-refractivity contribution is -0.131. The van der Waals surface area contributed by atoms with Gasteiger partial charge in [0.15, 0.2) is 11.5 Å². The number of hydrogen-bond acceptors (Lipinski definition) is 3. The van der Waals surface area contributed by atoms with E-state index in [1.165, 1.54) is 11.6 Å². The molecule has 1 N–H and O–H groups in total. The van der Waals surface area contributed by atoms with Crippen molar-refractivity contribution in [2.45, 2.75) is 6.92 Å². The Morgan fingerprint density at radius 2 is 2.15 bits per heavy atom. The first-order chi connectivity index (χ1) is 9.58. The summed E-state index contributed by atoms with van der Waals surface area (Å²) in [5.74, 6) is -0.112. The van der Waals surface area contributed by atoms with Crippen molar-refractivity contribution in [3.63, 3.8) is 0 Å². The third kappa shape index (κ3) is 5.15. The van der Waals surface area contributed by atoms with Crippen LogP contribution in [0, 0.1) is 0 Å². The van der Waals surface area contributed by atoms with Gasteiger partial charge in [-0.3, -0.25) is 0 Å². The fraction of sp³-hybridized carbons (Fsp3) is 0.214. The molecule has 108 valence electrons. The Morgan fingerprint density at radius 1 is 1.40 bits per heavy atom. The van der Waals surface area contributed by atoms with Crippen LogP contribution >= 0.6 is 23.2 Å². The maximum atomic E-state index is 10.6. The first kappa shape index (κ1) is 16.4. The van der Waals surface area contributed by atoms with Crippen molar-refractivity contribution in [3.05, 3.63) is 40.4 Å². The number of carboxylic acids is 1. The molecule has 0 spiro atoms. The second kappa shape index (κ2) is 8.51. The molecule has 1 rings (SSSR count). The number of hydrogen-bond donors (Lipinski definition) is 1. The first-order valence-corrected chi connectivity index (χ1v) is 6.64. The summed E-state index contributed by atoms with van der Waals surface area (Å²) >= 11 is 11.2. The van der Waals surface area contributed by atoms with Crippen LogP contribution in [-0.4, -0.2) is 24.3 Å². The molecule has 1 aromatic carbocycles. The van der Waals surface area contributed by atoms with Crippen molar-refractivity contribution >= 4 is 35.2 Å². The van der Waals surface area contributed by atoms with Gasteiger partial charge in [0, 0.05) is 17.2 Å². The summed E-state index contributed by atoms with van der Waals surface area (Å²) in [7, 11) is 0. The molecule has 0 fully saturated rings. The van der Waals surface area contributed by atoms with E-state index < -0.39 is 5.97 Å². The predicted molar refractivity (Wildman–Crippen MR) is 79.6 cm³/mol. The van der Waals surface area contributed by atoms with E-state index in [0.717, 1.165) is 6.08 Å². The van der Waals surface area contributed by atoms with E-state index in [4.69, 9.17) is 37.8 Å². The number of carboxylic acid groups (broad SMARTS) is 1. The zero-order chi connectivity index (χ0) is 15.0. The minimum Gasteiger partial charge on any atom is -0.490 e. The van der Waals surface area contributed by atoms with Crippen LogP contribution < -0.4 is 9.47 Å². The zero-order valence-corrected chi connectivity index (χ0v) is 12.3. The lowest BCUT2D eigenvalue weighted by atomic mass is 10.1. The number of para-hydroxylation sites is 1. The largest absolute Gasteiger partial charge is 0.490 e. The highest BCUT2D eigenvalue weighted by Gasteiger charge is 2.10. The van der Waals surface area contributed by atoms with Crippen molar-refractivity contribution in [1.82, 2.24) is 0 Å². The molecule has 4 nitrogen and oxygen atoms in total. The Hall–Kier alpha value is -1.65. The van der Waals surface area contributed by atoms with Crippen LogP contribution in [0.15, 0.2) is 34.8 Å². The Labute approximate surface area is 127 Å². The standard InChI is InChI=1S/C14H14Cl2O4/c1-2-19-12-5-3-4-10(6-7-13(17)18)14(12)20-9-11(16)8-15/h3-8H,2,9H2,1H3,(H,17,18). The number of halogens is 2. The quantitative estimate of drug-likeness (QED) is 0.775. The molecule has 0 aromatic heterocycles. The number of aliphatic carboxylic acids is 1. The lowest BCUT2D eigenvalue weighted by Crippen LogP contribution is -2.02. The van der Waals surface area contributed by atoms with Gasteiger partial charge in [-0.2, -0.15) is 0 Å². The van der Waals surface area contributed by atoms with E-state index in [-0.39, 0.29) is 6.61 Å². The van der Waals surface area contributed by atoms with Crippen LogP contribution in [0.1, 0.15) is 12.5 Å². The van der Waals surface area contributed by atoms with Crippen LogP contribution in [0.3, 0.4) is 0 Å². The number of ether oxygens (including phenoxy) is 2. The molecule has 0 saturated heterocycles. The van der Waals surface area contributed by atoms with Crippen molar-refractivity contribution in [2.75, 3.05) is 13.2 Å². The van der Waals surface area contributed by atoms with E-state index in [0.29, 0.717) is 28.7 Å². The molecule has 0 aliphatic carbocycles. The number of benzene rings is 1. The SMILES string of the molecule is CCOc1cccc(C=CC(=O)O)c1OCC(Cl)=CCl. The highest BCUT2D eigenvalue weighted by atomic mass is 35.5. The fourth-order valence-electron chi connectivity index (χ4n) is 1.42. The molecule has 0 heterocycles. The Kier molecular flexibility index (Phi) is 6.98. The van der Waals surface area contributed by atoms with Gasteiger partial charge in [0.25, 0.3) is 0 Å². The molecule has 0 unspecified atom stereocenters. The Morgan fingerprint density at radius 3 is 2.75 bits per heavy atom. The Balaban J connectivity index is 3.08. The monoisotopic (exact) mass is 316 g/mol. The minimum absolute atomic E-state index is 0.0725. The highest BCUT2D eigenvalue weighted by Crippen LogP contribution is 2.33. The van der Waals surface area contributed by atoms with Crippen molar-refractivity contribution in [1.29, 1.82) is 0 Å². The summed E-state index contributed by atoms with van der Waals surface area (Å²) in [4.78, 5) is 10.6.